The molecule has 0 heterocycles. The first-order chi connectivity index (χ1) is 8.04. The highest BCUT2D eigenvalue weighted by Crippen LogP contribution is 2.24. The molecule has 1 aromatic rings. The van der Waals surface area contributed by atoms with E-state index in [2.05, 4.69) is 0 Å². The maximum atomic E-state index is 11.0. The molecular formula is C11H13NO5. The molecule has 0 bridgehead atoms. The molecule has 0 aliphatic rings. The predicted octanol–water partition coefficient (Wildman–Crippen LogP) is 0.648. The maximum absolute atomic E-state index is 11.0. The first kappa shape index (κ1) is 12.8. The van der Waals surface area contributed by atoms with E-state index in [4.69, 9.17) is 20.3 Å². The summed E-state index contributed by atoms with van der Waals surface area (Å²) in [5.41, 5.74) is 4.93. The number of carbonyl (C=O) groups is 2. The fraction of sp³-hybridized carbons (Fsp3) is 0.273. The van der Waals surface area contributed by atoms with Crippen LogP contribution in [0, 0.1) is 0 Å². The normalized spacial score (nSPS) is 9.71. The third kappa shape index (κ3) is 3.67. The molecule has 92 valence electrons. The van der Waals surface area contributed by atoms with Crippen molar-refractivity contribution < 1.29 is 24.2 Å². The summed E-state index contributed by atoms with van der Waals surface area (Å²) in [4.78, 5) is 21.5. The number of rotatable bonds is 6. The van der Waals surface area contributed by atoms with Crippen LogP contribution in [-0.4, -0.2) is 30.7 Å². The van der Waals surface area contributed by atoms with Crippen molar-refractivity contribution in [2.45, 2.75) is 6.42 Å². The van der Waals surface area contributed by atoms with Crippen molar-refractivity contribution in [3.8, 4) is 11.5 Å². The van der Waals surface area contributed by atoms with Gasteiger partial charge in [0, 0.05) is 0 Å². The zero-order chi connectivity index (χ0) is 12.8. The van der Waals surface area contributed by atoms with Crippen molar-refractivity contribution >= 4 is 11.9 Å². The summed E-state index contributed by atoms with van der Waals surface area (Å²) in [5.74, 6) is -1.03. The van der Waals surface area contributed by atoms with Gasteiger partial charge in [-0.25, -0.2) is 4.79 Å². The van der Waals surface area contributed by atoms with Crippen LogP contribution in [0.25, 0.3) is 0 Å². The third-order valence-corrected chi connectivity index (χ3v) is 2.02. The van der Waals surface area contributed by atoms with E-state index in [1.165, 1.54) is 19.2 Å². The Hall–Kier alpha value is -2.24. The standard InChI is InChI=1S/C11H13NO5/c1-16-7-2-3-9(8(6-7)11(14)15)17-5-4-10(12)13/h2-3,6H,4-5H2,1H3,(H2,12,13)(H,14,15). The van der Waals surface area contributed by atoms with Gasteiger partial charge in [-0.2, -0.15) is 0 Å². The number of hydrogen-bond donors (Lipinski definition) is 2. The summed E-state index contributed by atoms with van der Waals surface area (Å²) in [6.45, 7) is 0.0436. The van der Waals surface area contributed by atoms with Gasteiger partial charge in [-0.05, 0) is 18.2 Å². The molecule has 0 aliphatic carbocycles. The molecule has 0 radical (unpaired) electrons. The van der Waals surface area contributed by atoms with Crippen LogP contribution in [0.15, 0.2) is 18.2 Å². The summed E-state index contributed by atoms with van der Waals surface area (Å²) in [6.07, 6.45) is 0.0328. The molecule has 17 heavy (non-hydrogen) atoms. The lowest BCUT2D eigenvalue weighted by molar-refractivity contribution is -0.118. The number of ether oxygens (including phenoxy) is 2. The molecule has 1 amide bonds. The van der Waals surface area contributed by atoms with Crippen LogP contribution in [0.5, 0.6) is 11.5 Å². The highest BCUT2D eigenvalue weighted by molar-refractivity contribution is 5.91. The van der Waals surface area contributed by atoms with Gasteiger partial charge in [0.25, 0.3) is 0 Å². The molecule has 0 aromatic heterocycles. The van der Waals surface area contributed by atoms with E-state index in [-0.39, 0.29) is 24.3 Å². The van der Waals surface area contributed by atoms with E-state index in [1.807, 2.05) is 0 Å². The molecule has 0 saturated carbocycles. The minimum atomic E-state index is -1.13. The molecule has 3 N–H and O–H groups in total. The molecule has 6 heteroatoms. The number of nitrogens with two attached hydrogens (primary N) is 1. The summed E-state index contributed by atoms with van der Waals surface area (Å²) >= 11 is 0. The van der Waals surface area contributed by atoms with Crippen LogP contribution >= 0.6 is 0 Å². The van der Waals surface area contributed by atoms with E-state index in [1.54, 1.807) is 6.07 Å². The van der Waals surface area contributed by atoms with Gasteiger partial charge in [0.15, 0.2) is 0 Å². The van der Waals surface area contributed by atoms with Crippen molar-refractivity contribution in [1.82, 2.24) is 0 Å². The Morgan fingerprint density at radius 2 is 2.12 bits per heavy atom. The second kappa shape index (κ2) is 5.74. The van der Waals surface area contributed by atoms with Crippen LogP contribution in [0.3, 0.4) is 0 Å². The number of aromatic carboxylic acids is 1. The number of hydrogen-bond acceptors (Lipinski definition) is 4. The fourth-order valence-corrected chi connectivity index (χ4v) is 1.19. The fourth-order valence-electron chi connectivity index (χ4n) is 1.19. The van der Waals surface area contributed by atoms with Gasteiger partial charge in [0.2, 0.25) is 5.91 Å². The molecule has 1 aromatic carbocycles. The average molecular weight is 239 g/mol. The summed E-state index contributed by atoms with van der Waals surface area (Å²) in [7, 11) is 1.44. The lowest BCUT2D eigenvalue weighted by Crippen LogP contribution is -2.15. The summed E-state index contributed by atoms with van der Waals surface area (Å²) in [6, 6.07) is 4.40. The average Bonchev–Trinajstić information content (AvgIpc) is 2.28. The SMILES string of the molecule is COc1ccc(OCCC(N)=O)c(C(=O)O)c1. The first-order valence-electron chi connectivity index (χ1n) is 4.87. The van der Waals surface area contributed by atoms with Crippen molar-refractivity contribution in [3.63, 3.8) is 0 Å². The minimum absolute atomic E-state index is 0.0196. The Kier molecular flexibility index (Phi) is 4.33. The van der Waals surface area contributed by atoms with Gasteiger partial charge in [-0.15, -0.1) is 0 Å². The molecule has 1 rings (SSSR count). The molecule has 0 spiro atoms. The van der Waals surface area contributed by atoms with E-state index in [0.717, 1.165) is 0 Å². The van der Waals surface area contributed by atoms with E-state index < -0.39 is 11.9 Å². The Morgan fingerprint density at radius 3 is 2.65 bits per heavy atom. The second-order valence-electron chi connectivity index (χ2n) is 3.23. The van der Waals surface area contributed by atoms with Gasteiger partial charge >= 0.3 is 5.97 Å². The van der Waals surface area contributed by atoms with E-state index >= 15 is 0 Å². The minimum Gasteiger partial charge on any atom is -0.497 e. The Bertz CT molecular complexity index is 430. The first-order valence-corrected chi connectivity index (χ1v) is 4.87. The van der Waals surface area contributed by atoms with Crippen LogP contribution in [-0.2, 0) is 4.79 Å². The van der Waals surface area contributed by atoms with Gasteiger partial charge < -0.3 is 20.3 Å². The number of primary amides is 1. The molecule has 0 aliphatic heterocycles. The largest absolute Gasteiger partial charge is 0.497 e. The smallest absolute Gasteiger partial charge is 0.339 e. The molecule has 0 fully saturated rings. The number of carbonyl (C=O) groups excluding carboxylic acids is 1. The number of amides is 1. The van der Waals surface area contributed by atoms with Gasteiger partial charge in [0.05, 0.1) is 20.1 Å². The van der Waals surface area contributed by atoms with Gasteiger partial charge in [-0.3, -0.25) is 4.79 Å². The summed E-state index contributed by atoms with van der Waals surface area (Å²) in [5, 5.41) is 8.97. The van der Waals surface area contributed by atoms with Crippen molar-refractivity contribution in [1.29, 1.82) is 0 Å². The van der Waals surface area contributed by atoms with Crippen molar-refractivity contribution in [2.24, 2.45) is 5.73 Å². The highest BCUT2D eigenvalue weighted by Gasteiger charge is 2.12. The van der Waals surface area contributed by atoms with Gasteiger partial charge in [0.1, 0.15) is 17.1 Å². The number of methoxy groups -OCH3 is 1. The summed E-state index contributed by atoms with van der Waals surface area (Å²) < 4.78 is 10.1. The van der Waals surface area contributed by atoms with Crippen molar-refractivity contribution in [3.05, 3.63) is 23.8 Å². The maximum Gasteiger partial charge on any atom is 0.339 e. The molecule has 0 saturated heterocycles. The highest BCUT2D eigenvalue weighted by atomic mass is 16.5. The topological polar surface area (TPSA) is 98.9 Å². The third-order valence-electron chi connectivity index (χ3n) is 2.02. The Labute approximate surface area is 97.9 Å². The van der Waals surface area contributed by atoms with E-state index in [0.29, 0.717) is 5.75 Å². The lowest BCUT2D eigenvalue weighted by atomic mass is 10.2. The predicted molar refractivity (Wildman–Crippen MR) is 59.3 cm³/mol. The number of carboxylic acid groups (broad SMARTS) is 1. The zero-order valence-electron chi connectivity index (χ0n) is 9.30. The van der Waals surface area contributed by atoms with Crippen LogP contribution < -0.4 is 15.2 Å². The van der Waals surface area contributed by atoms with Crippen LogP contribution in [0.1, 0.15) is 16.8 Å². The van der Waals surface area contributed by atoms with Crippen LogP contribution in [0.4, 0.5) is 0 Å². The van der Waals surface area contributed by atoms with Crippen molar-refractivity contribution in [2.75, 3.05) is 13.7 Å². The molecule has 6 nitrogen and oxygen atoms in total. The zero-order valence-corrected chi connectivity index (χ0v) is 9.30. The molecule has 0 unspecified atom stereocenters. The Morgan fingerprint density at radius 1 is 1.41 bits per heavy atom. The Balaban J connectivity index is 2.83. The van der Waals surface area contributed by atoms with Gasteiger partial charge in [-0.1, -0.05) is 0 Å². The molecule has 0 atom stereocenters. The number of benzene rings is 1. The van der Waals surface area contributed by atoms with E-state index in [9.17, 15) is 9.59 Å². The molecular weight excluding hydrogens is 226 g/mol. The lowest BCUT2D eigenvalue weighted by Gasteiger charge is -2.09. The number of carboxylic acids is 1. The second-order valence-corrected chi connectivity index (χ2v) is 3.23. The quantitative estimate of drug-likeness (QED) is 0.759. The monoisotopic (exact) mass is 239 g/mol. The van der Waals surface area contributed by atoms with Crippen LogP contribution in [0.2, 0.25) is 0 Å².